The molecule has 0 radical (unpaired) electrons. The van der Waals surface area contributed by atoms with E-state index >= 15 is 0 Å². The molecule has 29 heavy (non-hydrogen) atoms. The van der Waals surface area contributed by atoms with Crippen LogP contribution in [0.2, 0.25) is 0 Å². The van der Waals surface area contributed by atoms with Crippen molar-refractivity contribution in [1.29, 1.82) is 0 Å². The van der Waals surface area contributed by atoms with Gasteiger partial charge in [0, 0.05) is 25.1 Å². The van der Waals surface area contributed by atoms with E-state index in [-0.39, 0.29) is 23.5 Å². The Kier molecular flexibility index (Phi) is 6.59. The average molecular weight is 455 g/mol. The molecule has 8 nitrogen and oxygen atoms in total. The molecule has 0 unspecified atom stereocenters. The van der Waals surface area contributed by atoms with Gasteiger partial charge < -0.3 is 0 Å². The summed E-state index contributed by atoms with van der Waals surface area (Å²) in [6.45, 7) is 1.83. The minimum Gasteiger partial charge on any atom is -0.293 e. The maximum atomic E-state index is 12.4. The Morgan fingerprint density at radius 1 is 1.21 bits per heavy atom. The number of hydrogen-bond acceptors (Lipinski definition) is 8. The quantitative estimate of drug-likeness (QED) is 0.326. The highest BCUT2D eigenvalue weighted by Gasteiger charge is 2.35. The third-order valence-corrected chi connectivity index (χ3v) is 7.72. The molecule has 0 atom stereocenters. The van der Waals surface area contributed by atoms with Gasteiger partial charge in [0.25, 0.3) is 0 Å². The second-order valence-corrected chi connectivity index (χ2v) is 10.9. The number of aromatic nitrogens is 2. The number of thioether (sulfide) groups is 1. The number of nitrogens with zero attached hydrogens (tertiary/aromatic N) is 4. The van der Waals surface area contributed by atoms with Crippen molar-refractivity contribution >= 4 is 55.6 Å². The number of carbonyl (C=O) groups is 2. The van der Waals surface area contributed by atoms with Crippen LogP contribution in [0.3, 0.4) is 0 Å². The first-order valence-corrected chi connectivity index (χ1v) is 12.7. The number of carbonyl (C=O) groups excluding carboxylic acids is 2. The summed E-state index contributed by atoms with van der Waals surface area (Å²) in [7, 11) is -1.89. The molecular formula is C18H22N4O4S3. The van der Waals surface area contributed by atoms with Crippen LogP contribution < -0.4 is 9.21 Å². The monoisotopic (exact) mass is 454 g/mol. The van der Waals surface area contributed by atoms with E-state index in [1.807, 2.05) is 6.92 Å². The molecule has 1 aliphatic rings. The number of benzene rings is 1. The van der Waals surface area contributed by atoms with Crippen molar-refractivity contribution in [3.05, 3.63) is 29.8 Å². The van der Waals surface area contributed by atoms with E-state index in [9.17, 15) is 18.0 Å². The number of hydrogen-bond donors (Lipinski definition) is 0. The molecule has 1 heterocycles. The summed E-state index contributed by atoms with van der Waals surface area (Å²) < 4.78 is 25.0. The molecule has 1 aromatic heterocycles. The van der Waals surface area contributed by atoms with Crippen molar-refractivity contribution in [3.63, 3.8) is 0 Å². The minimum atomic E-state index is -3.35. The van der Waals surface area contributed by atoms with Crippen molar-refractivity contribution < 1.29 is 18.0 Å². The minimum absolute atomic E-state index is 0.0374. The Hall–Kier alpha value is -1.98. The summed E-state index contributed by atoms with van der Waals surface area (Å²) in [5.74, 6) is 0.126. The average Bonchev–Trinajstić information content (AvgIpc) is 3.42. The molecule has 3 rings (SSSR count). The molecule has 0 bridgehead atoms. The van der Waals surface area contributed by atoms with Crippen LogP contribution >= 0.6 is 23.1 Å². The lowest BCUT2D eigenvalue weighted by Gasteiger charge is -2.17. The number of anilines is 2. The molecule has 2 aromatic rings. The van der Waals surface area contributed by atoms with Crippen molar-refractivity contribution in [1.82, 2.24) is 10.2 Å². The molecule has 1 aliphatic carbocycles. The fraction of sp³-hybridized carbons (Fsp3) is 0.444. The second kappa shape index (κ2) is 8.80. The summed E-state index contributed by atoms with van der Waals surface area (Å²) in [4.78, 5) is 26.3. The van der Waals surface area contributed by atoms with E-state index in [2.05, 4.69) is 10.2 Å². The van der Waals surface area contributed by atoms with E-state index in [0.29, 0.717) is 27.1 Å². The molecule has 1 amide bonds. The molecule has 0 aliphatic heterocycles. The molecular weight excluding hydrogens is 432 g/mol. The molecule has 0 spiro atoms. The maximum absolute atomic E-state index is 12.4. The first-order valence-electron chi connectivity index (χ1n) is 9.06. The van der Waals surface area contributed by atoms with Crippen LogP contribution in [0.1, 0.15) is 36.5 Å². The van der Waals surface area contributed by atoms with Gasteiger partial charge in [0.2, 0.25) is 21.1 Å². The molecule has 156 valence electrons. The summed E-state index contributed by atoms with van der Waals surface area (Å²) in [5.41, 5.74) is 0.986. The van der Waals surface area contributed by atoms with Crippen molar-refractivity contribution in [2.75, 3.05) is 28.3 Å². The highest BCUT2D eigenvalue weighted by molar-refractivity contribution is 8.01. The topological polar surface area (TPSA) is 101 Å². The number of rotatable bonds is 9. The fourth-order valence-corrected chi connectivity index (χ4v) is 4.92. The highest BCUT2D eigenvalue weighted by Crippen LogP contribution is 2.36. The van der Waals surface area contributed by atoms with E-state index in [4.69, 9.17) is 0 Å². The molecule has 11 heteroatoms. The van der Waals surface area contributed by atoms with Gasteiger partial charge in [-0.3, -0.25) is 18.8 Å². The van der Waals surface area contributed by atoms with Crippen LogP contribution in [0, 0.1) is 0 Å². The van der Waals surface area contributed by atoms with E-state index < -0.39 is 10.0 Å². The zero-order chi connectivity index (χ0) is 21.2. The summed E-state index contributed by atoms with van der Waals surface area (Å²) >= 11 is 2.60. The third-order valence-electron chi connectivity index (χ3n) is 4.46. The lowest BCUT2D eigenvalue weighted by molar-refractivity contribution is -0.118. The number of sulfonamides is 1. The first kappa shape index (κ1) is 21.7. The van der Waals surface area contributed by atoms with Crippen LogP contribution in [0.25, 0.3) is 0 Å². The van der Waals surface area contributed by atoms with E-state index in [0.717, 1.165) is 23.4 Å². The second-order valence-electron chi connectivity index (χ2n) is 6.69. The zero-order valence-electron chi connectivity index (χ0n) is 16.4. The predicted octanol–water partition coefficient (Wildman–Crippen LogP) is 2.81. The lowest BCUT2D eigenvalue weighted by atomic mass is 10.1. The Morgan fingerprint density at radius 2 is 1.86 bits per heavy atom. The third kappa shape index (κ3) is 5.34. The van der Waals surface area contributed by atoms with Crippen molar-refractivity contribution in [3.8, 4) is 0 Å². The van der Waals surface area contributed by atoms with Crippen LogP contribution in [0.15, 0.2) is 28.6 Å². The standard InChI is InChI=1S/C18H22N4O4S3/c1-4-16(24)22(14-9-10-14)17-19-20-18(28-17)27-11-15(23)12-5-7-13(8-6-12)21(2)29(3,25)26/h5-8,14H,4,9-11H2,1-3H3. The van der Waals surface area contributed by atoms with Gasteiger partial charge in [0.1, 0.15) is 0 Å². The fourth-order valence-electron chi connectivity index (χ4n) is 2.59. The Bertz CT molecular complexity index is 1000. The summed E-state index contributed by atoms with van der Waals surface area (Å²) in [5, 5.41) is 8.82. The number of ketones is 1. The Morgan fingerprint density at radius 3 is 2.41 bits per heavy atom. The van der Waals surface area contributed by atoms with Gasteiger partial charge in [0.05, 0.1) is 17.7 Å². The van der Waals surface area contributed by atoms with Crippen LogP contribution in [-0.4, -0.2) is 55.4 Å². The van der Waals surface area contributed by atoms with Crippen LogP contribution in [-0.2, 0) is 14.8 Å². The van der Waals surface area contributed by atoms with Crippen molar-refractivity contribution in [2.45, 2.75) is 36.6 Å². The lowest BCUT2D eigenvalue weighted by Crippen LogP contribution is -2.32. The Balaban J connectivity index is 1.61. The van der Waals surface area contributed by atoms with Crippen LogP contribution in [0.5, 0.6) is 0 Å². The smallest absolute Gasteiger partial charge is 0.231 e. The number of amides is 1. The van der Waals surface area contributed by atoms with Gasteiger partial charge in [-0.25, -0.2) is 8.42 Å². The van der Waals surface area contributed by atoms with Crippen LogP contribution in [0.4, 0.5) is 10.8 Å². The van der Waals surface area contributed by atoms with Gasteiger partial charge in [-0.2, -0.15) is 0 Å². The molecule has 1 saturated carbocycles. The van der Waals surface area contributed by atoms with Gasteiger partial charge in [-0.15, -0.1) is 10.2 Å². The largest absolute Gasteiger partial charge is 0.293 e. The van der Waals surface area contributed by atoms with Gasteiger partial charge in [0.15, 0.2) is 10.1 Å². The number of Topliss-reactive ketones (excluding diaryl/α,β-unsaturated/α-hetero) is 1. The van der Waals surface area contributed by atoms with E-state index in [1.54, 1.807) is 29.2 Å². The first-order chi connectivity index (χ1) is 13.7. The van der Waals surface area contributed by atoms with Crippen molar-refractivity contribution in [2.24, 2.45) is 0 Å². The summed E-state index contributed by atoms with van der Waals surface area (Å²) in [6.07, 6.45) is 3.51. The van der Waals surface area contributed by atoms with Gasteiger partial charge in [-0.05, 0) is 37.1 Å². The molecule has 0 saturated heterocycles. The predicted molar refractivity (Wildman–Crippen MR) is 115 cm³/mol. The van der Waals surface area contributed by atoms with Gasteiger partial charge in [-0.1, -0.05) is 30.0 Å². The van der Waals surface area contributed by atoms with E-state index in [1.165, 1.54) is 30.1 Å². The SMILES string of the molecule is CCC(=O)N(c1nnc(SCC(=O)c2ccc(N(C)S(C)(=O)=O)cc2)s1)C1CC1. The highest BCUT2D eigenvalue weighted by atomic mass is 32.2. The molecule has 0 N–H and O–H groups in total. The normalized spacial score (nSPS) is 13.9. The van der Waals surface area contributed by atoms with Gasteiger partial charge >= 0.3 is 0 Å². The Labute approximate surface area is 178 Å². The zero-order valence-corrected chi connectivity index (χ0v) is 18.8. The maximum Gasteiger partial charge on any atom is 0.231 e. The molecule has 1 aromatic carbocycles. The molecule has 1 fully saturated rings. The summed E-state index contributed by atoms with van der Waals surface area (Å²) in [6, 6.07) is 6.65.